The van der Waals surface area contributed by atoms with Crippen LogP contribution in [-0.2, 0) is 4.79 Å². The predicted molar refractivity (Wildman–Crippen MR) is 145 cm³/mol. The Kier molecular flexibility index (Phi) is 9.33. The molecule has 13 heteroatoms. The molecule has 2 amide bonds. The van der Waals surface area contributed by atoms with E-state index in [9.17, 15) is 24.3 Å². The number of benzene rings is 3. The van der Waals surface area contributed by atoms with Gasteiger partial charge in [-0.05, 0) is 42.8 Å². The van der Waals surface area contributed by atoms with Crippen LogP contribution < -0.4 is 10.6 Å². The third-order valence-electron chi connectivity index (χ3n) is 4.93. The predicted octanol–water partition coefficient (Wildman–Crippen LogP) is 6.99. The summed E-state index contributed by atoms with van der Waals surface area (Å²) in [5.74, 6) is -3.88. The molecular formula is C24H16Cl4N2O6S. The van der Waals surface area contributed by atoms with Crippen LogP contribution in [0.2, 0.25) is 20.1 Å². The maximum absolute atomic E-state index is 12.9. The number of hydrogen-bond acceptors (Lipinski definition) is 5. The maximum atomic E-state index is 12.9. The zero-order valence-electron chi connectivity index (χ0n) is 18.7. The number of carboxylic acid groups (broad SMARTS) is 2. The number of carbonyl (C=O) groups excluding carboxylic acids is 2. The van der Waals surface area contributed by atoms with Crippen LogP contribution in [0.3, 0.4) is 0 Å². The van der Waals surface area contributed by atoms with E-state index in [1.807, 2.05) is 0 Å². The lowest BCUT2D eigenvalue weighted by Gasteiger charge is -2.14. The molecule has 0 heterocycles. The highest BCUT2D eigenvalue weighted by Gasteiger charge is 2.29. The van der Waals surface area contributed by atoms with E-state index >= 15 is 0 Å². The van der Waals surface area contributed by atoms with E-state index in [1.54, 1.807) is 37.3 Å². The molecule has 37 heavy (non-hydrogen) atoms. The van der Waals surface area contributed by atoms with Crippen LogP contribution in [0.1, 0.15) is 36.6 Å². The summed E-state index contributed by atoms with van der Waals surface area (Å²) in [5, 5.41) is 22.6. The Morgan fingerprint density at radius 3 is 2.08 bits per heavy atom. The molecule has 0 aromatic heterocycles. The Hall–Kier alpha value is -2.95. The minimum absolute atomic E-state index is 0.00840. The SMILES string of the molecule is Cc1ccc(C(=O)O)cc1NC(=O)CSc1cccc(NC(=O)c2c(Cl)c(Cl)c(Cl)c(Cl)c2C(=O)O)c1. The van der Waals surface area contributed by atoms with Crippen molar-refractivity contribution in [1.29, 1.82) is 0 Å². The molecule has 8 nitrogen and oxygen atoms in total. The fourth-order valence-corrected chi connectivity index (χ4v) is 4.90. The monoisotopic (exact) mass is 600 g/mol. The highest BCUT2D eigenvalue weighted by atomic mass is 35.5. The number of aromatic carboxylic acids is 2. The maximum Gasteiger partial charge on any atom is 0.338 e. The Bertz CT molecular complexity index is 1450. The van der Waals surface area contributed by atoms with Gasteiger partial charge in [0.15, 0.2) is 0 Å². The first-order valence-electron chi connectivity index (χ1n) is 10.2. The van der Waals surface area contributed by atoms with E-state index in [0.29, 0.717) is 16.1 Å². The lowest BCUT2D eigenvalue weighted by Crippen LogP contribution is -2.18. The standard InChI is InChI=1S/C24H16Cl4N2O6S/c1-10-5-6-11(23(33)34)7-14(10)30-15(31)9-37-13-4-2-3-12(8-13)29-22(32)16-17(24(35)36)19(26)21(28)20(27)18(16)25/h2-8H,9H2,1H3,(H,29,32)(H,30,31)(H,33,34)(H,35,36). The van der Waals surface area contributed by atoms with Crippen molar-refractivity contribution in [2.75, 3.05) is 16.4 Å². The van der Waals surface area contributed by atoms with Crippen LogP contribution in [0.5, 0.6) is 0 Å². The van der Waals surface area contributed by atoms with Gasteiger partial charge in [0.05, 0.1) is 42.5 Å². The van der Waals surface area contributed by atoms with E-state index in [-0.39, 0.29) is 38.0 Å². The molecule has 0 atom stereocenters. The number of amides is 2. The number of nitrogens with one attached hydrogen (secondary N) is 2. The van der Waals surface area contributed by atoms with Crippen molar-refractivity contribution >= 4 is 93.3 Å². The van der Waals surface area contributed by atoms with E-state index < -0.39 is 34.0 Å². The fraction of sp³-hybridized carbons (Fsp3) is 0.0833. The van der Waals surface area contributed by atoms with Crippen LogP contribution >= 0.6 is 58.2 Å². The van der Waals surface area contributed by atoms with Crippen LogP contribution in [0.15, 0.2) is 47.4 Å². The second-order valence-corrected chi connectivity index (χ2v) is 10.0. The van der Waals surface area contributed by atoms with Gasteiger partial charge in [0, 0.05) is 16.3 Å². The number of anilines is 2. The molecule has 0 fully saturated rings. The zero-order chi connectivity index (χ0) is 27.4. The second kappa shape index (κ2) is 12.1. The summed E-state index contributed by atoms with van der Waals surface area (Å²) in [7, 11) is 0. The minimum Gasteiger partial charge on any atom is -0.478 e. The van der Waals surface area contributed by atoms with Gasteiger partial charge in [-0.15, -0.1) is 11.8 Å². The molecule has 0 spiro atoms. The molecule has 3 rings (SSSR count). The molecular weight excluding hydrogens is 586 g/mol. The highest BCUT2D eigenvalue weighted by molar-refractivity contribution is 8.00. The molecule has 4 N–H and O–H groups in total. The first kappa shape index (κ1) is 28.6. The number of rotatable bonds is 8. The molecule has 0 aliphatic heterocycles. The Morgan fingerprint density at radius 1 is 0.811 bits per heavy atom. The average molecular weight is 602 g/mol. The van der Waals surface area contributed by atoms with Crippen molar-refractivity contribution in [3.05, 3.63) is 84.8 Å². The average Bonchev–Trinajstić information content (AvgIpc) is 2.84. The Labute approximate surface area is 234 Å². The summed E-state index contributed by atoms with van der Waals surface area (Å²) in [6.45, 7) is 1.74. The molecule has 3 aromatic rings. The molecule has 0 unspecified atom stereocenters. The molecule has 0 saturated heterocycles. The lowest BCUT2D eigenvalue weighted by atomic mass is 10.1. The van der Waals surface area contributed by atoms with Crippen molar-refractivity contribution in [2.45, 2.75) is 11.8 Å². The van der Waals surface area contributed by atoms with E-state index in [0.717, 1.165) is 11.8 Å². The van der Waals surface area contributed by atoms with Crippen molar-refractivity contribution in [2.24, 2.45) is 0 Å². The largest absolute Gasteiger partial charge is 0.478 e. The Balaban J connectivity index is 1.74. The van der Waals surface area contributed by atoms with Gasteiger partial charge in [-0.2, -0.15) is 0 Å². The number of hydrogen-bond donors (Lipinski definition) is 4. The Morgan fingerprint density at radius 2 is 1.46 bits per heavy atom. The first-order valence-corrected chi connectivity index (χ1v) is 12.7. The topological polar surface area (TPSA) is 133 Å². The van der Waals surface area contributed by atoms with Crippen molar-refractivity contribution in [3.8, 4) is 0 Å². The summed E-state index contributed by atoms with van der Waals surface area (Å²) in [4.78, 5) is 48.9. The fourth-order valence-electron chi connectivity index (χ4n) is 3.13. The molecule has 0 radical (unpaired) electrons. The van der Waals surface area contributed by atoms with Gasteiger partial charge in [-0.3, -0.25) is 9.59 Å². The summed E-state index contributed by atoms with van der Waals surface area (Å²) in [6, 6.07) is 10.9. The second-order valence-electron chi connectivity index (χ2n) is 7.46. The number of carbonyl (C=O) groups is 4. The third kappa shape index (κ3) is 6.68. The van der Waals surface area contributed by atoms with Gasteiger partial charge in [-0.25, -0.2) is 9.59 Å². The van der Waals surface area contributed by atoms with Crippen LogP contribution in [0.4, 0.5) is 11.4 Å². The molecule has 0 saturated carbocycles. The van der Waals surface area contributed by atoms with Gasteiger partial charge in [-0.1, -0.05) is 58.5 Å². The number of thioether (sulfide) groups is 1. The van der Waals surface area contributed by atoms with Gasteiger partial charge in [0.1, 0.15) is 0 Å². The molecule has 0 bridgehead atoms. The third-order valence-corrected chi connectivity index (χ3v) is 7.72. The highest BCUT2D eigenvalue weighted by Crippen LogP contribution is 2.42. The van der Waals surface area contributed by atoms with Crippen LogP contribution in [-0.4, -0.2) is 39.7 Å². The molecule has 3 aromatic carbocycles. The smallest absolute Gasteiger partial charge is 0.338 e. The van der Waals surface area contributed by atoms with Crippen LogP contribution in [0.25, 0.3) is 0 Å². The molecule has 0 aliphatic carbocycles. The van der Waals surface area contributed by atoms with Crippen molar-refractivity contribution in [3.63, 3.8) is 0 Å². The van der Waals surface area contributed by atoms with Gasteiger partial charge >= 0.3 is 11.9 Å². The number of carboxylic acids is 2. The van der Waals surface area contributed by atoms with E-state index in [2.05, 4.69) is 10.6 Å². The van der Waals surface area contributed by atoms with Crippen molar-refractivity contribution in [1.82, 2.24) is 0 Å². The van der Waals surface area contributed by atoms with Crippen LogP contribution in [0, 0.1) is 6.92 Å². The molecule has 192 valence electrons. The van der Waals surface area contributed by atoms with E-state index in [1.165, 1.54) is 12.1 Å². The summed E-state index contributed by atoms with van der Waals surface area (Å²) in [5.41, 5.74) is 0.377. The lowest BCUT2D eigenvalue weighted by molar-refractivity contribution is -0.113. The number of halogens is 4. The van der Waals surface area contributed by atoms with Gasteiger partial charge in [0.25, 0.3) is 5.91 Å². The zero-order valence-corrected chi connectivity index (χ0v) is 22.5. The quantitative estimate of drug-likeness (QED) is 0.124. The van der Waals surface area contributed by atoms with E-state index in [4.69, 9.17) is 51.5 Å². The summed E-state index contributed by atoms with van der Waals surface area (Å²) >= 11 is 25.2. The first-order chi connectivity index (χ1) is 17.4. The molecule has 0 aliphatic rings. The van der Waals surface area contributed by atoms with Crippen molar-refractivity contribution < 1.29 is 29.4 Å². The minimum atomic E-state index is -1.52. The van der Waals surface area contributed by atoms with Gasteiger partial charge < -0.3 is 20.8 Å². The normalized spacial score (nSPS) is 10.6. The number of aryl methyl sites for hydroxylation is 1. The summed E-state index contributed by atoms with van der Waals surface area (Å²) in [6.07, 6.45) is 0. The summed E-state index contributed by atoms with van der Waals surface area (Å²) < 4.78 is 0. The van der Waals surface area contributed by atoms with Gasteiger partial charge in [0.2, 0.25) is 5.91 Å².